The summed E-state index contributed by atoms with van der Waals surface area (Å²) < 4.78 is 0. The van der Waals surface area contributed by atoms with E-state index in [4.69, 9.17) is 5.73 Å². The van der Waals surface area contributed by atoms with Gasteiger partial charge in [0.25, 0.3) is 5.91 Å². The van der Waals surface area contributed by atoms with Crippen LogP contribution in [0, 0.1) is 0 Å². The lowest BCUT2D eigenvalue weighted by molar-refractivity contribution is 0.0942. The maximum Gasteiger partial charge on any atom is 0.316 e. The van der Waals surface area contributed by atoms with E-state index in [0.29, 0.717) is 17.8 Å². The number of nitrogens with one attached hydrogen (secondary N) is 2. The Balaban J connectivity index is 1.99. The molecule has 0 aliphatic heterocycles. The Morgan fingerprint density at radius 3 is 2.21 bits per heavy atom. The number of amides is 3. The molecule has 2 aromatic carbocycles. The molecule has 4 N–H and O–H groups in total. The molecule has 2 aromatic rings. The molecule has 0 saturated carbocycles. The predicted molar refractivity (Wildman–Crippen MR) is 94.9 cm³/mol. The second-order valence-electron chi connectivity index (χ2n) is 5.67. The summed E-state index contributed by atoms with van der Waals surface area (Å²) in [6, 6.07) is 16.0. The molecular weight excluding hydrogens is 304 g/mol. The second kappa shape index (κ2) is 8.12. The first-order chi connectivity index (χ1) is 11.5. The molecule has 0 aliphatic rings. The van der Waals surface area contributed by atoms with Gasteiger partial charge in [0, 0.05) is 17.8 Å². The Morgan fingerprint density at radius 2 is 1.67 bits per heavy atom. The number of anilines is 1. The highest BCUT2D eigenvalue weighted by molar-refractivity contribution is 5.95. The average molecular weight is 326 g/mol. The quantitative estimate of drug-likeness (QED) is 0.760. The van der Waals surface area contributed by atoms with Gasteiger partial charge in [-0.25, -0.2) is 4.79 Å². The zero-order valence-electron chi connectivity index (χ0n) is 13.8. The van der Waals surface area contributed by atoms with E-state index >= 15 is 0 Å². The summed E-state index contributed by atoms with van der Waals surface area (Å²) in [6.07, 6.45) is 0. The van der Waals surface area contributed by atoms with E-state index in [1.54, 1.807) is 24.3 Å². The van der Waals surface area contributed by atoms with E-state index in [2.05, 4.69) is 15.5 Å². The summed E-state index contributed by atoms with van der Waals surface area (Å²) >= 11 is 0. The number of hydrogen-bond donors (Lipinski definition) is 3. The van der Waals surface area contributed by atoms with Crippen molar-refractivity contribution in [1.82, 2.24) is 10.2 Å². The molecule has 1 atom stereocenters. The van der Waals surface area contributed by atoms with Crippen molar-refractivity contribution in [2.45, 2.75) is 6.04 Å². The third-order valence-corrected chi connectivity index (χ3v) is 3.68. The Morgan fingerprint density at radius 1 is 1.04 bits per heavy atom. The minimum Gasteiger partial charge on any atom is -0.351 e. The van der Waals surface area contributed by atoms with E-state index in [1.807, 2.05) is 44.4 Å². The lowest BCUT2D eigenvalue weighted by Gasteiger charge is -2.25. The van der Waals surface area contributed by atoms with Crippen LogP contribution in [0.2, 0.25) is 0 Å². The first-order valence-electron chi connectivity index (χ1n) is 7.63. The van der Waals surface area contributed by atoms with Gasteiger partial charge in [-0.15, -0.1) is 0 Å². The fourth-order valence-corrected chi connectivity index (χ4v) is 2.41. The van der Waals surface area contributed by atoms with Crippen LogP contribution in [-0.2, 0) is 0 Å². The van der Waals surface area contributed by atoms with Crippen LogP contribution < -0.4 is 16.4 Å². The number of carbonyl (C=O) groups excluding carboxylic acids is 2. The van der Waals surface area contributed by atoms with E-state index in [-0.39, 0.29) is 11.9 Å². The van der Waals surface area contributed by atoms with Gasteiger partial charge in [0.05, 0.1) is 6.04 Å². The van der Waals surface area contributed by atoms with E-state index in [1.165, 1.54) is 0 Å². The van der Waals surface area contributed by atoms with Crippen LogP contribution >= 0.6 is 0 Å². The molecule has 0 aliphatic carbocycles. The molecule has 0 saturated heterocycles. The van der Waals surface area contributed by atoms with Crippen LogP contribution in [0.5, 0.6) is 0 Å². The zero-order chi connectivity index (χ0) is 17.5. The lowest BCUT2D eigenvalue weighted by Crippen LogP contribution is -2.34. The number of rotatable bonds is 6. The SMILES string of the molecule is CN(C)C(CNC(=O)c1ccc(NC(N)=O)cc1)c1ccccc1. The Labute approximate surface area is 141 Å². The third-order valence-electron chi connectivity index (χ3n) is 3.68. The van der Waals surface area contributed by atoms with Gasteiger partial charge in [0.2, 0.25) is 0 Å². The third kappa shape index (κ3) is 4.82. The van der Waals surface area contributed by atoms with Gasteiger partial charge in [0.15, 0.2) is 0 Å². The second-order valence-corrected chi connectivity index (χ2v) is 5.67. The summed E-state index contributed by atoms with van der Waals surface area (Å²) in [5.74, 6) is -0.164. The molecule has 24 heavy (non-hydrogen) atoms. The number of hydrogen-bond acceptors (Lipinski definition) is 3. The normalized spacial score (nSPS) is 11.8. The highest BCUT2D eigenvalue weighted by Gasteiger charge is 2.15. The summed E-state index contributed by atoms with van der Waals surface area (Å²) in [5, 5.41) is 5.40. The summed E-state index contributed by atoms with van der Waals surface area (Å²) in [6.45, 7) is 0.497. The van der Waals surface area contributed by atoms with Crippen LogP contribution in [0.15, 0.2) is 54.6 Å². The minimum atomic E-state index is -0.635. The zero-order valence-corrected chi connectivity index (χ0v) is 13.8. The smallest absolute Gasteiger partial charge is 0.316 e. The maximum atomic E-state index is 12.3. The topological polar surface area (TPSA) is 87.5 Å². The number of carbonyl (C=O) groups is 2. The van der Waals surface area contributed by atoms with Gasteiger partial charge >= 0.3 is 6.03 Å². The fourth-order valence-electron chi connectivity index (χ4n) is 2.41. The van der Waals surface area contributed by atoms with Gasteiger partial charge in [-0.3, -0.25) is 4.79 Å². The van der Waals surface area contributed by atoms with Crippen molar-refractivity contribution in [2.75, 3.05) is 26.0 Å². The molecule has 0 fully saturated rings. The van der Waals surface area contributed by atoms with Gasteiger partial charge in [-0.2, -0.15) is 0 Å². The van der Waals surface area contributed by atoms with E-state index in [9.17, 15) is 9.59 Å². The van der Waals surface area contributed by atoms with Crippen molar-refractivity contribution in [3.63, 3.8) is 0 Å². The highest BCUT2D eigenvalue weighted by Crippen LogP contribution is 2.17. The van der Waals surface area contributed by atoms with Crippen molar-refractivity contribution in [3.8, 4) is 0 Å². The van der Waals surface area contributed by atoms with Crippen molar-refractivity contribution >= 4 is 17.6 Å². The monoisotopic (exact) mass is 326 g/mol. The van der Waals surface area contributed by atoms with Crippen LogP contribution in [0.4, 0.5) is 10.5 Å². The molecule has 0 bridgehead atoms. The van der Waals surface area contributed by atoms with Gasteiger partial charge in [-0.1, -0.05) is 30.3 Å². The number of urea groups is 1. The molecule has 2 rings (SSSR count). The van der Waals surface area contributed by atoms with Crippen LogP contribution in [0.1, 0.15) is 22.0 Å². The number of likely N-dealkylation sites (N-methyl/N-ethyl adjacent to an activating group) is 1. The average Bonchev–Trinajstić information content (AvgIpc) is 2.55. The van der Waals surface area contributed by atoms with E-state index < -0.39 is 6.03 Å². The fraction of sp³-hybridized carbons (Fsp3) is 0.222. The molecule has 0 radical (unpaired) electrons. The molecule has 0 spiro atoms. The summed E-state index contributed by atoms with van der Waals surface area (Å²) in [7, 11) is 3.96. The number of benzene rings is 2. The molecule has 6 heteroatoms. The molecule has 6 nitrogen and oxygen atoms in total. The number of nitrogens with zero attached hydrogens (tertiary/aromatic N) is 1. The predicted octanol–water partition coefficient (Wildman–Crippen LogP) is 2.21. The molecule has 0 aromatic heterocycles. The van der Waals surface area contributed by atoms with Crippen molar-refractivity contribution < 1.29 is 9.59 Å². The Bertz CT molecular complexity index is 684. The first kappa shape index (κ1) is 17.5. The molecular formula is C18H22N4O2. The Kier molecular flexibility index (Phi) is 5.92. The van der Waals surface area contributed by atoms with Crippen molar-refractivity contribution in [2.24, 2.45) is 5.73 Å². The van der Waals surface area contributed by atoms with Crippen LogP contribution in [-0.4, -0.2) is 37.5 Å². The molecule has 0 heterocycles. The van der Waals surface area contributed by atoms with E-state index in [0.717, 1.165) is 5.56 Å². The van der Waals surface area contributed by atoms with Gasteiger partial charge < -0.3 is 21.3 Å². The van der Waals surface area contributed by atoms with Crippen molar-refractivity contribution in [1.29, 1.82) is 0 Å². The number of nitrogens with two attached hydrogens (primary N) is 1. The first-order valence-corrected chi connectivity index (χ1v) is 7.63. The molecule has 126 valence electrons. The van der Waals surface area contributed by atoms with Crippen LogP contribution in [0.3, 0.4) is 0 Å². The van der Waals surface area contributed by atoms with Gasteiger partial charge in [0.1, 0.15) is 0 Å². The Hall–Kier alpha value is -2.86. The largest absolute Gasteiger partial charge is 0.351 e. The molecule has 1 unspecified atom stereocenters. The van der Waals surface area contributed by atoms with Crippen molar-refractivity contribution in [3.05, 3.63) is 65.7 Å². The number of primary amides is 1. The maximum absolute atomic E-state index is 12.3. The minimum absolute atomic E-state index is 0.0888. The van der Waals surface area contributed by atoms with Gasteiger partial charge in [-0.05, 0) is 43.9 Å². The highest BCUT2D eigenvalue weighted by atomic mass is 16.2. The molecule has 3 amide bonds. The van der Waals surface area contributed by atoms with Crippen LogP contribution in [0.25, 0.3) is 0 Å². The summed E-state index contributed by atoms with van der Waals surface area (Å²) in [4.78, 5) is 25.2. The standard InChI is InChI=1S/C18H22N4O2/c1-22(2)16(13-6-4-3-5-7-13)12-20-17(23)14-8-10-15(11-9-14)21-18(19)24/h3-11,16H,12H2,1-2H3,(H,20,23)(H3,19,21,24). The lowest BCUT2D eigenvalue weighted by atomic mass is 10.1. The summed E-state index contributed by atoms with van der Waals surface area (Å²) in [5.41, 5.74) is 7.27.